The van der Waals surface area contributed by atoms with Crippen molar-refractivity contribution in [2.75, 3.05) is 19.0 Å². The number of hydrogen-bond donors (Lipinski definition) is 0. The Balaban J connectivity index is 2.41. The first kappa shape index (κ1) is 11.7. The van der Waals surface area contributed by atoms with Crippen molar-refractivity contribution in [2.24, 2.45) is 0 Å². The summed E-state index contributed by atoms with van der Waals surface area (Å²) in [4.78, 5) is 2.15. The normalized spacial score (nSPS) is 10.4. The third kappa shape index (κ3) is 2.50. The molecule has 0 radical (unpaired) electrons. The van der Waals surface area contributed by atoms with E-state index in [1.165, 1.54) is 27.9 Å². The van der Waals surface area contributed by atoms with Crippen LogP contribution >= 0.6 is 0 Å². The molecular formula is C16H19N. The molecule has 0 atom stereocenters. The van der Waals surface area contributed by atoms with Gasteiger partial charge >= 0.3 is 0 Å². The Hall–Kier alpha value is -1.76. The number of anilines is 1. The summed E-state index contributed by atoms with van der Waals surface area (Å²) in [6.45, 7) is 4.27. The van der Waals surface area contributed by atoms with Crippen LogP contribution in [0.5, 0.6) is 0 Å². The Bertz CT molecular complexity index is 510. The molecule has 0 aliphatic heterocycles. The highest BCUT2D eigenvalue weighted by atomic mass is 15.1. The van der Waals surface area contributed by atoms with Crippen LogP contribution in [0.25, 0.3) is 11.1 Å². The van der Waals surface area contributed by atoms with Gasteiger partial charge in [0.2, 0.25) is 0 Å². The van der Waals surface area contributed by atoms with E-state index in [1.54, 1.807) is 0 Å². The van der Waals surface area contributed by atoms with Crippen molar-refractivity contribution in [1.29, 1.82) is 0 Å². The first-order valence-electron chi connectivity index (χ1n) is 5.93. The Morgan fingerprint density at radius 2 is 1.35 bits per heavy atom. The van der Waals surface area contributed by atoms with Gasteiger partial charge in [0.15, 0.2) is 0 Å². The molecule has 0 heterocycles. The summed E-state index contributed by atoms with van der Waals surface area (Å²) in [6.07, 6.45) is 0. The minimum absolute atomic E-state index is 1.28. The summed E-state index contributed by atoms with van der Waals surface area (Å²) in [5.74, 6) is 0. The van der Waals surface area contributed by atoms with Gasteiger partial charge in [0.25, 0.3) is 0 Å². The van der Waals surface area contributed by atoms with Gasteiger partial charge in [-0.1, -0.05) is 35.9 Å². The summed E-state index contributed by atoms with van der Waals surface area (Å²) >= 11 is 0. The number of hydrogen-bond acceptors (Lipinski definition) is 1. The second kappa shape index (κ2) is 4.62. The minimum Gasteiger partial charge on any atom is -0.377 e. The Morgan fingerprint density at radius 1 is 0.765 bits per heavy atom. The maximum atomic E-state index is 2.25. The molecule has 0 N–H and O–H groups in total. The third-order valence-electron chi connectivity index (χ3n) is 3.06. The molecule has 1 heteroatoms. The molecule has 0 aromatic heterocycles. The molecule has 0 bridgehead atoms. The lowest BCUT2D eigenvalue weighted by molar-refractivity contribution is 1.11. The largest absolute Gasteiger partial charge is 0.377 e. The molecule has 1 nitrogen and oxygen atoms in total. The van der Waals surface area contributed by atoms with Gasteiger partial charge in [-0.15, -0.1) is 0 Å². The van der Waals surface area contributed by atoms with Crippen molar-refractivity contribution in [3.05, 3.63) is 53.6 Å². The second-order valence-corrected chi connectivity index (χ2v) is 4.76. The number of aryl methyl sites for hydroxylation is 2. The van der Waals surface area contributed by atoms with Crippen LogP contribution in [-0.2, 0) is 0 Å². The first-order chi connectivity index (χ1) is 8.08. The maximum Gasteiger partial charge on any atom is 0.0391 e. The number of benzene rings is 2. The molecule has 0 amide bonds. The first-order valence-corrected chi connectivity index (χ1v) is 5.93. The Labute approximate surface area is 104 Å². The van der Waals surface area contributed by atoms with Gasteiger partial charge in [0, 0.05) is 19.8 Å². The van der Waals surface area contributed by atoms with Crippen molar-refractivity contribution in [3.8, 4) is 11.1 Å². The number of nitrogens with zero attached hydrogens (tertiary/aromatic N) is 1. The average molecular weight is 225 g/mol. The van der Waals surface area contributed by atoms with E-state index in [0.717, 1.165) is 0 Å². The van der Waals surface area contributed by atoms with Crippen LogP contribution in [0, 0.1) is 13.8 Å². The fourth-order valence-electron chi connectivity index (χ4n) is 2.08. The van der Waals surface area contributed by atoms with E-state index in [9.17, 15) is 0 Å². The molecular weight excluding hydrogens is 206 g/mol. The molecule has 0 saturated carbocycles. The molecule has 0 fully saturated rings. The van der Waals surface area contributed by atoms with E-state index >= 15 is 0 Å². The summed E-state index contributed by atoms with van der Waals surface area (Å²) in [5, 5.41) is 0. The summed E-state index contributed by atoms with van der Waals surface area (Å²) in [7, 11) is 4.15. The molecule has 2 aromatic rings. The molecule has 2 aromatic carbocycles. The Kier molecular flexibility index (Phi) is 3.19. The van der Waals surface area contributed by atoms with Gasteiger partial charge in [-0.2, -0.15) is 0 Å². The van der Waals surface area contributed by atoms with Gasteiger partial charge in [0.05, 0.1) is 0 Å². The molecule has 2 rings (SSSR count). The van der Waals surface area contributed by atoms with Crippen molar-refractivity contribution < 1.29 is 0 Å². The molecule has 0 unspecified atom stereocenters. The molecule has 0 spiro atoms. The van der Waals surface area contributed by atoms with E-state index in [2.05, 4.69) is 75.3 Å². The highest BCUT2D eigenvalue weighted by molar-refractivity contribution is 5.68. The monoisotopic (exact) mass is 225 g/mol. The fraction of sp³-hybridized carbons (Fsp3) is 0.250. The van der Waals surface area contributed by atoms with E-state index in [0.29, 0.717) is 0 Å². The highest BCUT2D eigenvalue weighted by Gasteiger charge is 2.03. The lowest BCUT2D eigenvalue weighted by atomic mass is 10.0. The van der Waals surface area contributed by atoms with Crippen LogP contribution in [-0.4, -0.2) is 14.1 Å². The summed E-state index contributed by atoms with van der Waals surface area (Å²) < 4.78 is 0. The third-order valence-corrected chi connectivity index (χ3v) is 3.06. The standard InChI is InChI=1S/C16H19N/c1-12-5-7-14(8-6-12)15-9-10-16(17(3)4)13(2)11-15/h5-11H,1-4H3. The SMILES string of the molecule is Cc1ccc(-c2ccc(N(C)C)c(C)c2)cc1. The van der Waals surface area contributed by atoms with Gasteiger partial charge in [0.1, 0.15) is 0 Å². The van der Waals surface area contributed by atoms with Gasteiger partial charge in [-0.3, -0.25) is 0 Å². The molecule has 0 saturated heterocycles. The molecule has 17 heavy (non-hydrogen) atoms. The molecule has 88 valence electrons. The predicted molar refractivity (Wildman–Crippen MR) is 75.7 cm³/mol. The van der Waals surface area contributed by atoms with Crippen molar-refractivity contribution in [1.82, 2.24) is 0 Å². The van der Waals surface area contributed by atoms with E-state index in [1.807, 2.05) is 0 Å². The predicted octanol–water partition coefficient (Wildman–Crippen LogP) is 4.04. The van der Waals surface area contributed by atoms with Crippen molar-refractivity contribution in [2.45, 2.75) is 13.8 Å². The highest BCUT2D eigenvalue weighted by Crippen LogP contribution is 2.26. The number of rotatable bonds is 2. The van der Waals surface area contributed by atoms with Gasteiger partial charge in [-0.05, 0) is 42.7 Å². The van der Waals surface area contributed by atoms with Crippen LogP contribution in [0.15, 0.2) is 42.5 Å². The lowest BCUT2D eigenvalue weighted by Crippen LogP contribution is -2.09. The zero-order valence-electron chi connectivity index (χ0n) is 11.0. The van der Waals surface area contributed by atoms with Crippen LogP contribution in [0.4, 0.5) is 5.69 Å². The van der Waals surface area contributed by atoms with Crippen LogP contribution in [0.1, 0.15) is 11.1 Å². The topological polar surface area (TPSA) is 3.24 Å². The quantitative estimate of drug-likeness (QED) is 0.745. The van der Waals surface area contributed by atoms with Gasteiger partial charge < -0.3 is 4.90 Å². The smallest absolute Gasteiger partial charge is 0.0391 e. The maximum absolute atomic E-state index is 2.25. The van der Waals surface area contributed by atoms with Crippen LogP contribution in [0.3, 0.4) is 0 Å². The van der Waals surface area contributed by atoms with E-state index in [-0.39, 0.29) is 0 Å². The molecule has 0 aliphatic rings. The molecule has 0 aliphatic carbocycles. The van der Waals surface area contributed by atoms with E-state index < -0.39 is 0 Å². The second-order valence-electron chi connectivity index (χ2n) is 4.76. The minimum atomic E-state index is 1.28. The zero-order valence-corrected chi connectivity index (χ0v) is 11.0. The van der Waals surface area contributed by atoms with Crippen molar-refractivity contribution >= 4 is 5.69 Å². The van der Waals surface area contributed by atoms with Crippen LogP contribution < -0.4 is 4.90 Å². The Morgan fingerprint density at radius 3 is 1.88 bits per heavy atom. The lowest BCUT2D eigenvalue weighted by Gasteiger charge is -2.16. The van der Waals surface area contributed by atoms with E-state index in [4.69, 9.17) is 0 Å². The summed E-state index contributed by atoms with van der Waals surface area (Å²) in [6, 6.07) is 15.3. The average Bonchev–Trinajstić information content (AvgIpc) is 2.29. The van der Waals surface area contributed by atoms with Crippen molar-refractivity contribution in [3.63, 3.8) is 0 Å². The summed E-state index contributed by atoms with van der Waals surface area (Å²) in [5.41, 5.74) is 6.46. The van der Waals surface area contributed by atoms with Crippen LogP contribution in [0.2, 0.25) is 0 Å². The zero-order chi connectivity index (χ0) is 12.4. The fourth-order valence-corrected chi connectivity index (χ4v) is 2.08. The van der Waals surface area contributed by atoms with Gasteiger partial charge in [-0.25, -0.2) is 0 Å².